The molecule has 0 aliphatic heterocycles. The summed E-state index contributed by atoms with van der Waals surface area (Å²) in [6.07, 6.45) is 1.38. The molecule has 5 heteroatoms. The van der Waals surface area contributed by atoms with Crippen LogP contribution in [0.3, 0.4) is 0 Å². The Kier molecular flexibility index (Phi) is 5.46. The third kappa shape index (κ3) is 4.16. The van der Waals surface area contributed by atoms with Gasteiger partial charge in [-0.2, -0.15) is 0 Å². The Balaban J connectivity index is 2.14. The van der Waals surface area contributed by atoms with E-state index in [4.69, 9.17) is 0 Å². The average molecular weight is 312 g/mol. The molecule has 1 amide bonds. The molecule has 0 bridgehead atoms. The van der Waals surface area contributed by atoms with E-state index in [0.717, 1.165) is 5.56 Å². The SMILES string of the molecule is COC(=O)c1ccc(NC(=O)[C@@H](c2ccccc2)C(C)C)nc1. The maximum absolute atomic E-state index is 12.6. The lowest BCUT2D eigenvalue weighted by molar-refractivity contribution is -0.118. The fourth-order valence-electron chi connectivity index (χ4n) is 2.41. The Morgan fingerprint density at radius 2 is 1.78 bits per heavy atom. The van der Waals surface area contributed by atoms with Crippen LogP contribution in [0.2, 0.25) is 0 Å². The van der Waals surface area contributed by atoms with Crippen LogP contribution >= 0.6 is 0 Å². The van der Waals surface area contributed by atoms with Gasteiger partial charge in [0.2, 0.25) is 5.91 Å². The molecule has 0 saturated heterocycles. The van der Waals surface area contributed by atoms with Gasteiger partial charge in [0, 0.05) is 6.20 Å². The summed E-state index contributed by atoms with van der Waals surface area (Å²) in [5, 5.41) is 2.80. The summed E-state index contributed by atoms with van der Waals surface area (Å²) in [6.45, 7) is 4.01. The molecule has 0 unspecified atom stereocenters. The van der Waals surface area contributed by atoms with Gasteiger partial charge < -0.3 is 10.1 Å². The second-order valence-corrected chi connectivity index (χ2v) is 5.55. The zero-order valence-corrected chi connectivity index (χ0v) is 13.4. The van der Waals surface area contributed by atoms with Crippen LogP contribution in [0.5, 0.6) is 0 Å². The zero-order chi connectivity index (χ0) is 16.8. The van der Waals surface area contributed by atoms with Gasteiger partial charge in [0.1, 0.15) is 5.82 Å². The summed E-state index contributed by atoms with van der Waals surface area (Å²) >= 11 is 0. The van der Waals surface area contributed by atoms with E-state index in [-0.39, 0.29) is 17.7 Å². The summed E-state index contributed by atoms with van der Waals surface area (Å²) in [6, 6.07) is 12.8. The first-order valence-electron chi connectivity index (χ1n) is 7.43. The van der Waals surface area contributed by atoms with Crippen molar-refractivity contribution in [3.8, 4) is 0 Å². The van der Waals surface area contributed by atoms with Crippen molar-refractivity contribution >= 4 is 17.7 Å². The predicted molar refractivity (Wildman–Crippen MR) is 88.2 cm³/mol. The Morgan fingerprint density at radius 3 is 2.30 bits per heavy atom. The van der Waals surface area contributed by atoms with E-state index in [1.165, 1.54) is 13.3 Å². The van der Waals surface area contributed by atoms with Crippen molar-refractivity contribution in [3.05, 3.63) is 59.8 Å². The van der Waals surface area contributed by atoms with E-state index in [1.807, 2.05) is 44.2 Å². The molecule has 0 radical (unpaired) electrons. The number of nitrogens with zero attached hydrogens (tertiary/aromatic N) is 1. The molecule has 2 aromatic rings. The Bertz CT molecular complexity index is 666. The molecule has 1 atom stereocenters. The third-order valence-corrected chi connectivity index (χ3v) is 3.54. The first-order valence-corrected chi connectivity index (χ1v) is 7.43. The molecule has 1 N–H and O–H groups in total. The molecule has 0 fully saturated rings. The van der Waals surface area contributed by atoms with Crippen molar-refractivity contribution in [3.63, 3.8) is 0 Å². The molecule has 5 nitrogen and oxygen atoms in total. The van der Waals surface area contributed by atoms with Crippen molar-refractivity contribution in [2.45, 2.75) is 19.8 Å². The molecule has 1 aromatic carbocycles. The van der Waals surface area contributed by atoms with Crippen LogP contribution in [0, 0.1) is 5.92 Å². The normalized spacial score (nSPS) is 11.8. The number of hydrogen-bond acceptors (Lipinski definition) is 4. The van der Waals surface area contributed by atoms with E-state index < -0.39 is 5.97 Å². The highest BCUT2D eigenvalue weighted by atomic mass is 16.5. The fraction of sp³-hybridized carbons (Fsp3) is 0.278. The molecule has 0 saturated carbocycles. The van der Waals surface area contributed by atoms with Crippen LogP contribution in [0.25, 0.3) is 0 Å². The molecule has 2 rings (SSSR count). The molecular weight excluding hydrogens is 292 g/mol. The van der Waals surface area contributed by atoms with Gasteiger partial charge in [-0.15, -0.1) is 0 Å². The Hall–Kier alpha value is -2.69. The first kappa shape index (κ1) is 16.7. The van der Waals surface area contributed by atoms with Crippen LogP contribution in [0.1, 0.15) is 35.7 Å². The standard InChI is InChI=1S/C18H20N2O3/c1-12(2)16(13-7-5-4-6-8-13)17(21)20-15-10-9-14(11-19-15)18(22)23-3/h4-12,16H,1-3H3,(H,19,20,21)/t16-/m1/s1. The van der Waals surface area contributed by atoms with Crippen LogP contribution in [-0.2, 0) is 9.53 Å². The van der Waals surface area contributed by atoms with E-state index in [1.54, 1.807) is 12.1 Å². The van der Waals surface area contributed by atoms with Crippen LogP contribution in [-0.4, -0.2) is 24.0 Å². The topological polar surface area (TPSA) is 68.3 Å². The molecule has 0 spiro atoms. The van der Waals surface area contributed by atoms with Crippen molar-refractivity contribution < 1.29 is 14.3 Å². The number of aromatic nitrogens is 1. The largest absolute Gasteiger partial charge is 0.465 e. The van der Waals surface area contributed by atoms with Crippen LogP contribution in [0.15, 0.2) is 48.7 Å². The quantitative estimate of drug-likeness (QED) is 0.861. The summed E-state index contributed by atoms with van der Waals surface area (Å²) in [5.74, 6) is -0.293. The number of pyridine rings is 1. The summed E-state index contributed by atoms with van der Waals surface area (Å²) in [4.78, 5) is 28.1. The van der Waals surface area contributed by atoms with Gasteiger partial charge in [-0.3, -0.25) is 4.79 Å². The van der Waals surface area contributed by atoms with E-state index in [0.29, 0.717) is 11.4 Å². The minimum absolute atomic E-state index is 0.121. The zero-order valence-electron chi connectivity index (χ0n) is 13.4. The highest BCUT2D eigenvalue weighted by molar-refractivity contribution is 5.95. The summed E-state index contributed by atoms with van der Waals surface area (Å²) in [5.41, 5.74) is 1.31. The molecule has 0 aliphatic rings. The Morgan fingerprint density at radius 1 is 1.09 bits per heavy atom. The lowest BCUT2D eigenvalue weighted by atomic mass is 9.87. The van der Waals surface area contributed by atoms with Crippen molar-refractivity contribution in [2.24, 2.45) is 5.92 Å². The molecular formula is C18H20N2O3. The number of benzene rings is 1. The van der Waals surface area contributed by atoms with Gasteiger partial charge in [-0.25, -0.2) is 9.78 Å². The van der Waals surface area contributed by atoms with Crippen molar-refractivity contribution in [1.82, 2.24) is 4.98 Å². The van der Waals surface area contributed by atoms with Crippen molar-refractivity contribution in [1.29, 1.82) is 0 Å². The molecule has 0 aliphatic carbocycles. The predicted octanol–water partition coefficient (Wildman–Crippen LogP) is 3.25. The fourth-order valence-corrected chi connectivity index (χ4v) is 2.41. The van der Waals surface area contributed by atoms with Gasteiger partial charge in [0.25, 0.3) is 0 Å². The second kappa shape index (κ2) is 7.54. The average Bonchev–Trinajstić information content (AvgIpc) is 2.55. The minimum atomic E-state index is -0.459. The molecule has 1 heterocycles. The number of anilines is 1. The van der Waals surface area contributed by atoms with Crippen LogP contribution < -0.4 is 5.32 Å². The molecule has 23 heavy (non-hydrogen) atoms. The second-order valence-electron chi connectivity index (χ2n) is 5.55. The number of esters is 1. The van der Waals surface area contributed by atoms with Gasteiger partial charge in [-0.1, -0.05) is 44.2 Å². The maximum atomic E-state index is 12.6. The number of carbonyl (C=O) groups excluding carboxylic acids is 2. The lowest BCUT2D eigenvalue weighted by Crippen LogP contribution is -2.25. The van der Waals surface area contributed by atoms with Gasteiger partial charge in [-0.05, 0) is 23.6 Å². The minimum Gasteiger partial charge on any atom is -0.465 e. The summed E-state index contributed by atoms with van der Waals surface area (Å²) < 4.78 is 4.62. The van der Waals surface area contributed by atoms with Gasteiger partial charge in [0.15, 0.2) is 0 Å². The van der Waals surface area contributed by atoms with Gasteiger partial charge >= 0.3 is 5.97 Å². The number of nitrogens with one attached hydrogen (secondary N) is 1. The number of ether oxygens (including phenoxy) is 1. The monoisotopic (exact) mass is 312 g/mol. The number of hydrogen-bond donors (Lipinski definition) is 1. The third-order valence-electron chi connectivity index (χ3n) is 3.54. The number of amides is 1. The highest BCUT2D eigenvalue weighted by Crippen LogP contribution is 2.25. The molecule has 120 valence electrons. The van der Waals surface area contributed by atoms with Gasteiger partial charge in [0.05, 0.1) is 18.6 Å². The number of methoxy groups -OCH3 is 1. The smallest absolute Gasteiger partial charge is 0.339 e. The summed E-state index contributed by atoms with van der Waals surface area (Å²) in [7, 11) is 1.31. The highest BCUT2D eigenvalue weighted by Gasteiger charge is 2.24. The van der Waals surface area contributed by atoms with Crippen molar-refractivity contribution in [2.75, 3.05) is 12.4 Å². The van der Waals surface area contributed by atoms with E-state index in [9.17, 15) is 9.59 Å². The van der Waals surface area contributed by atoms with E-state index >= 15 is 0 Å². The maximum Gasteiger partial charge on any atom is 0.339 e. The lowest BCUT2D eigenvalue weighted by Gasteiger charge is -2.20. The molecule has 1 aromatic heterocycles. The van der Waals surface area contributed by atoms with Crippen LogP contribution in [0.4, 0.5) is 5.82 Å². The number of carbonyl (C=O) groups is 2. The first-order chi connectivity index (χ1) is 11.0. The number of rotatable bonds is 5. The van der Waals surface area contributed by atoms with E-state index in [2.05, 4.69) is 15.0 Å². The Labute approximate surface area is 135 Å².